The van der Waals surface area contributed by atoms with E-state index in [0.717, 1.165) is 6.26 Å². The zero-order chi connectivity index (χ0) is 8.04. The summed E-state index contributed by atoms with van der Waals surface area (Å²) in [5.41, 5.74) is 0. The molecule has 0 atom stereocenters. The SMILES string of the molecule is C=COOCCS(=O)(=O)F. The van der Waals surface area contributed by atoms with Gasteiger partial charge in [-0.1, -0.05) is 6.58 Å². The number of hydrogen-bond donors (Lipinski definition) is 0. The van der Waals surface area contributed by atoms with E-state index in [-0.39, 0.29) is 6.61 Å². The van der Waals surface area contributed by atoms with Crippen LogP contribution >= 0.6 is 0 Å². The van der Waals surface area contributed by atoms with E-state index < -0.39 is 16.0 Å². The highest BCUT2D eigenvalue weighted by atomic mass is 32.3. The van der Waals surface area contributed by atoms with Crippen LogP contribution in [-0.4, -0.2) is 20.8 Å². The van der Waals surface area contributed by atoms with Crippen LogP contribution in [-0.2, 0) is 20.0 Å². The first-order valence-corrected chi connectivity index (χ1v) is 3.93. The van der Waals surface area contributed by atoms with E-state index in [2.05, 4.69) is 16.4 Å². The van der Waals surface area contributed by atoms with Crippen molar-refractivity contribution in [1.29, 1.82) is 0 Å². The molecule has 0 saturated heterocycles. The molecule has 0 unspecified atom stereocenters. The fourth-order valence-electron chi connectivity index (χ4n) is 0.230. The van der Waals surface area contributed by atoms with Crippen LogP contribution in [0.3, 0.4) is 0 Å². The highest BCUT2D eigenvalue weighted by Crippen LogP contribution is 1.90. The van der Waals surface area contributed by atoms with Crippen molar-refractivity contribution in [3.63, 3.8) is 0 Å². The molecule has 0 aromatic heterocycles. The molecule has 0 rings (SSSR count). The second-order valence-electron chi connectivity index (χ2n) is 1.33. The van der Waals surface area contributed by atoms with Crippen LogP contribution in [0, 0.1) is 0 Å². The molecule has 0 spiro atoms. The van der Waals surface area contributed by atoms with Crippen LogP contribution in [0.15, 0.2) is 12.8 Å². The van der Waals surface area contributed by atoms with Crippen molar-refractivity contribution >= 4 is 10.2 Å². The van der Waals surface area contributed by atoms with Gasteiger partial charge in [0, 0.05) is 0 Å². The molecule has 6 heteroatoms. The van der Waals surface area contributed by atoms with Gasteiger partial charge in [-0.25, -0.2) is 0 Å². The first-order chi connectivity index (χ1) is 4.56. The molecule has 0 aromatic carbocycles. The standard InChI is InChI=1S/C4H7FO4S/c1-2-8-9-3-4-10(5,6)7/h2H,1,3-4H2. The maximum absolute atomic E-state index is 11.6. The molecule has 0 amide bonds. The van der Waals surface area contributed by atoms with Crippen molar-refractivity contribution in [3.8, 4) is 0 Å². The van der Waals surface area contributed by atoms with Crippen molar-refractivity contribution in [2.24, 2.45) is 0 Å². The third-order valence-corrected chi connectivity index (χ3v) is 1.20. The molecule has 0 radical (unpaired) electrons. The largest absolute Gasteiger partial charge is 0.346 e. The second-order valence-corrected chi connectivity index (χ2v) is 2.81. The summed E-state index contributed by atoms with van der Waals surface area (Å²) in [4.78, 5) is 8.18. The molecule has 0 aromatic rings. The number of rotatable bonds is 5. The highest BCUT2D eigenvalue weighted by Gasteiger charge is 2.05. The Kier molecular flexibility index (Phi) is 3.97. The molecule has 0 fully saturated rings. The van der Waals surface area contributed by atoms with Crippen molar-refractivity contribution < 1.29 is 22.1 Å². The van der Waals surface area contributed by atoms with Crippen LogP contribution in [0.25, 0.3) is 0 Å². The van der Waals surface area contributed by atoms with E-state index in [1.165, 1.54) is 0 Å². The summed E-state index contributed by atoms with van der Waals surface area (Å²) in [6.07, 6.45) is 0.963. The zero-order valence-electron chi connectivity index (χ0n) is 5.12. The van der Waals surface area contributed by atoms with Crippen LogP contribution in [0.5, 0.6) is 0 Å². The lowest BCUT2D eigenvalue weighted by Gasteiger charge is -1.95. The van der Waals surface area contributed by atoms with Crippen molar-refractivity contribution in [2.45, 2.75) is 0 Å². The van der Waals surface area contributed by atoms with E-state index in [0.29, 0.717) is 0 Å². The van der Waals surface area contributed by atoms with Crippen molar-refractivity contribution in [1.82, 2.24) is 0 Å². The van der Waals surface area contributed by atoms with E-state index in [9.17, 15) is 12.3 Å². The van der Waals surface area contributed by atoms with Gasteiger partial charge in [-0.15, -0.1) is 3.89 Å². The van der Waals surface area contributed by atoms with Crippen molar-refractivity contribution in [3.05, 3.63) is 12.8 Å². The van der Waals surface area contributed by atoms with Gasteiger partial charge < -0.3 is 4.89 Å². The molecule has 0 saturated carbocycles. The summed E-state index contributed by atoms with van der Waals surface area (Å²) in [5.74, 6) is -0.708. The summed E-state index contributed by atoms with van der Waals surface area (Å²) in [7, 11) is -4.44. The minimum atomic E-state index is -4.44. The smallest absolute Gasteiger partial charge is 0.304 e. The highest BCUT2D eigenvalue weighted by molar-refractivity contribution is 7.86. The summed E-state index contributed by atoms with van der Waals surface area (Å²) in [6.45, 7) is 2.76. The van der Waals surface area contributed by atoms with Gasteiger partial charge in [0.15, 0.2) is 0 Å². The van der Waals surface area contributed by atoms with E-state index in [1.54, 1.807) is 0 Å². The van der Waals surface area contributed by atoms with Gasteiger partial charge in [0.25, 0.3) is 0 Å². The average Bonchev–Trinajstić information content (AvgIpc) is 1.78. The van der Waals surface area contributed by atoms with Gasteiger partial charge in [-0.3, -0.25) is 0 Å². The molecule has 0 bridgehead atoms. The Balaban J connectivity index is 3.29. The van der Waals surface area contributed by atoms with Gasteiger partial charge in [-0.2, -0.15) is 13.3 Å². The topological polar surface area (TPSA) is 52.6 Å². The third kappa shape index (κ3) is 7.38. The quantitative estimate of drug-likeness (QED) is 0.197. The lowest BCUT2D eigenvalue weighted by Crippen LogP contribution is -2.05. The lowest BCUT2D eigenvalue weighted by atomic mass is 10.9. The first kappa shape index (κ1) is 9.38. The molecule has 0 N–H and O–H groups in total. The Labute approximate surface area is 58.4 Å². The molecule has 10 heavy (non-hydrogen) atoms. The molecule has 0 aliphatic heterocycles. The normalized spacial score (nSPS) is 10.9. The Hall–Kier alpha value is -0.620. The Bertz CT molecular complexity index is 185. The van der Waals surface area contributed by atoms with Crippen LogP contribution in [0.2, 0.25) is 0 Å². The van der Waals surface area contributed by atoms with Gasteiger partial charge in [0.05, 0.1) is 0 Å². The Morgan fingerprint density at radius 2 is 2.20 bits per heavy atom. The van der Waals surface area contributed by atoms with E-state index >= 15 is 0 Å². The van der Waals surface area contributed by atoms with E-state index in [4.69, 9.17) is 0 Å². The summed E-state index contributed by atoms with van der Waals surface area (Å²) in [5, 5.41) is 0. The summed E-state index contributed by atoms with van der Waals surface area (Å²) < 4.78 is 31.2. The predicted molar refractivity (Wildman–Crippen MR) is 32.1 cm³/mol. The summed E-state index contributed by atoms with van der Waals surface area (Å²) >= 11 is 0. The average molecular weight is 170 g/mol. The number of halogens is 1. The second kappa shape index (κ2) is 4.24. The zero-order valence-corrected chi connectivity index (χ0v) is 5.93. The molecule has 0 aliphatic carbocycles. The van der Waals surface area contributed by atoms with Crippen LogP contribution < -0.4 is 0 Å². The monoisotopic (exact) mass is 170 g/mol. The molecular formula is C4H7FO4S. The number of hydrogen-bond acceptors (Lipinski definition) is 4. The fourth-order valence-corrected chi connectivity index (χ4v) is 0.497. The first-order valence-electron chi connectivity index (χ1n) is 2.38. The Morgan fingerprint density at radius 1 is 1.60 bits per heavy atom. The lowest BCUT2D eigenvalue weighted by molar-refractivity contribution is -0.243. The van der Waals surface area contributed by atoms with Gasteiger partial charge in [0.1, 0.15) is 18.6 Å². The molecule has 0 heterocycles. The maximum atomic E-state index is 11.6. The van der Waals surface area contributed by atoms with Gasteiger partial charge >= 0.3 is 10.2 Å². The fraction of sp³-hybridized carbons (Fsp3) is 0.500. The predicted octanol–water partition coefficient (Wildman–Crippen LogP) is 0.377. The van der Waals surface area contributed by atoms with Crippen LogP contribution in [0.1, 0.15) is 0 Å². The minimum Gasteiger partial charge on any atom is -0.346 e. The molecule has 60 valence electrons. The van der Waals surface area contributed by atoms with Gasteiger partial charge in [0.2, 0.25) is 0 Å². The van der Waals surface area contributed by atoms with E-state index in [1.807, 2.05) is 0 Å². The summed E-state index contributed by atoms with van der Waals surface area (Å²) in [6, 6.07) is 0. The Morgan fingerprint density at radius 3 is 2.60 bits per heavy atom. The maximum Gasteiger partial charge on any atom is 0.304 e. The minimum absolute atomic E-state index is 0.342. The van der Waals surface area contributed by atoms with Gasteiger partial charge in [-0.05, 0) is 0 Å². The molecule has 0 aliphatic rings. The van der Waals surface area contributed by atoms with Crippen molar-refractivity contribution in [2.75, 3.05) is 12.4 Å². The molecule has 4 nitrogen and oxygen atoms in total. The van der Waals surface area contributed by atoms with Crippen LogP contribution in [0.4, 0.5) is 3.89 Å². The molecular weight excluding hydrogens is 163 g/mol. The third-order valence-electron chi connectivity index (χ3n) is 0.547.